The highest BCUT2D eigenvalue weighted by atomic mass is 16.3. The summed E-state index contributed by atoms with van der Waals surface area (Å²) in [5, 5.41) is 8.96. The van der Waals surface area contributed by atoms with Crippen molar-refractivity contribution in [1.82, 2.24) is 9.80 Å². The van der Waals surface area contributed by atoms with Crippen LogP contribution in [-0.2, 0) is 4.79 Å². The van der Waals surface area contributed by atoms with Crippen molar-refractivity contribution in [2.24, 2.45) is 0 Å². The fourth-order valence-electron chi connectivity index (χ4n) is 2.13. The molecule has 0 radical (unpaired) electrons. The minimum Gasteiger partial charge on any atom is -0.395 e. The van der Waals surface area contributed by atoms with E-state index in [4.69, 9.17) is 5.11 Å². The van der Waals surface area contributed by atoms with Gasteiger partial charge in [0.25, 0.3) is 0 Å². The van der Waals surface area contributed by atoms with Gasteiger partial charge in [-0.1, -0.05) is 6.42 Å². The van der Waals surface area contributed by atoms with E-state index in [9.17, 15) is 4.79 Å². The van der Waals surface area contributed by atoms with Crippen LogP contribution in [-0.4, -0.2) is 60.1 Å². The predicted molar refractivity (Wildman–Crippen MR) is 59.6 cm³/mol. The number of likely N-dealkylation sites (N-methyl/N-ethyl adjacent to an activating group) is 1. The first-order valence-corrected chi connectivity index (χ1v) is 5.71. The van der Waals surface area contributed by atoms with Crippen LogP contribution in [0.25, 0.3) is 0 Å². The van der Waals surface area contributed by atoms with E-state index in [0.29, 0.717) is 6.04 Å². The van der Waals surface area contributed by atoms with E-state index in [1.54, 1.807) is 11.8 Å². The number of likely N-dealkylation sites (tertiary alicyclic amines) is 1. The summed E-state index contributed by atoms with van der Waals surface area (Å²) in [7, 11) is 1.84. The lowest BCUT2D eigenvalue weighted by molar-refractivity contribution is -0.128. The van der Waals surface area contributed by atoms with Crippen molar-refractivity contribution in [3.63, 3.8) is 0 Å². The summed E-state index contributed by atoms with van der Waals surface area (Å²) in [6, 6.07) is 0.430. The largest absolute Gasteiger partial charge is 0.395 e. The standard InChI is InChI=1S/C11H22N2O2/c1-10(15)12(2)9-11-5-3-4-6-13(11)7-8-14/h11,14H,3-9H2,1-2H3. The fraction of sp³-hybridized carbons (Fsp3) is 0.909. The zero-order valence-electron chi connectivity index (χ0n) is 9.78. The second-order valence-corrected chi connectivity index (χ2v) is 4.31. The SMILES string of the molecule is CC(=O)N(C)CC1CCCCN1CCO. The Morgan fingerprint density at radius 2 is 2.27 bits per heavy atom. The summed E-state index contributed by atoms with van der Waals surface area (Å²) in [5.74, 6) is 0.115. The fourth-order valence-corrected chi connectivity index (χ4v) is 2.13. The average molecular weight is 214 g/mol. The molecule has 0 aromatic heterocycles. The van der Waals surface area contributed by atoms with Crippen molar-refractivity contribution >= 4 is 5.91 Å². The molecule has 1 atom stereocenters. The van der Waals surface area contributed by atoms with Crippen molar-refractivity contribution in [3.8, 4) is 0 Å². The molecule has 1 unspecified atom stereocenters. The maximum atomic E-state index is 11.1. The van der Waals surface area contributed by atoms with E-state index < -0.39 is 0 Å². The van der Waals surface area contributed by atoms with Crippen molar-refractivity contribution in [1.29, 1.82) is 0 Å². The Kier molecular flexibility index (Phi) is 5.05. The maximum absolute atomic E-state index is 11.1. The number of nitrogens with zero attached hydrogens (tertiary/aromatic N) is 2. The maximum Gasteiger partial charge on any atom is 0.219 e. The number of carbonyl (C=O) groups excluding carboxylic acids is 1. The van der Waals surface area contributed by atoms with Crippen molar-refractivity contribution in [3.05, 3.63) is 0 Å². The topological polar surface area (TPSA) is 43.8 Å². The van der Waals surface area contributed by atoms with Gasteiger partial charge >= 0.3 is 0 Å². The van der Waals surface area contributed by atoms with Gasteiger partial charge in [0.15, 0.2) is 0 Å². The molecule has 0 aromatic carbocycles. The predicted octanol–water partition coefficient (Wildman–Crippen LogP) is 0.311. The van der Waals surface area contributed by atoms with Gasteiger partial charge in [0.2, 0.25) is 5.91 Å². The molecule has 0 aliphatic carbocycles. The third-order valence-corrected chi connectivity index (χ3v) is 3.16. The lowest BCUT2D eigenvalue weighted by Gasteiger charge is -2.37. The number of hydrogen-bond acceptors (Lipinski definition) is 3. The molecule has 4 heteroatoms. The molecule has 4 nitrogen and oxygen atoms in total. The number of amides is 1. The van der Waals surface area contributed by atoms with Gasteiger partial charge in [0.05, 0.1) is 6.61 Å². The van der Waals surface area contributed by atoms with Crippen LogP contribution >= 0.6 is 0 Å². The normalized spacial score (nSPS) is 22.7. The third kappa shape index (κ3) is 3.80. The molecule has 0 spiro atoms. The third-order valence-electron chi connectivity index (χ3n) is 3.16. The van der Waals surface area contributed by atoms with Gasteiger partial charge in [-0.15, -0.1) is 0 Å². The van der Waals surface area contributed by atoms with Crippen LogP contribution in [0.1, 0.15) is 26.2 Å². The summed E-state index contributed by atoms with van der Waals surface area (Å²) in [6.07, 6.45) is 3.58. The van der Waals surface area contributed by atoms with Gasteiger partial charge in [-0.3, -0.25) is 9.69 Å². The van der Waals surface area contributed by atoms with Gasteiger partial charge in [-0.25, -0.2) is 0 Å². The molecule has 1 aliphatic rings. The summed E-state index contributed by atoms with van der Waals surface area (Å²) in [6.45, 7) is 4.38. The Bertz CT molecular complexity index is 207. The molecule has 1 amide bonds. The smallest absolute Gasteiger partial charge is 0.219 e. The first-order valence-electron chi connectivity index (χ1n) is 5.71. The Morgan fingerprint density at radius 1 is 1.53 bits per heavy atom. The van der Waals surface area contributed by atoms with Gasteiger partial charge < -0.3 is 10.0 Å². The van der Waals surface area contributed by atoms with E-state index in [-0.39, 0.29) is 12.5 Å². The van der Waals surface area contributed by atoms with Gasteiger partial charge in [-0.2, -0.15) is 0 Å². The van der Waals surface area contributed by atoms with E-state index in [1.807, 2.05) is 7.05 Å². The van der Waals surface area contributed by atoms with Gasteiger partial charge in [-0.05, 0) is 19.4 Å². The molecule has 0 aromatic rings. The van der Waals surface area contributed by atoms with Crippen molar-refractivity contribution < 1.29 is 9.90 Å². The Hall–Kier alpha value is -0.610. The highest BCUT2D eigenvalue weighted by molar-refractivity contribution is 5.72. The summed E-state index contributed by atoms with van der Waals surface area (Å²) in [4.78, 5) is 15.2. The van der Waals surface area contributed by atoms with E-state index in [1.165, 1.54) is 12.8 Å². The second-order valence-electron chi connectivity index (χ2n) is 4.31. The molecule has 0 bridgehead atoms. The Labute approximate surface area is 91.9 Å². The molecule has 1 rings (SSSR count). The van der Waals surface area contributed by atoms with Crippen LogP contribution < -0.4 is 0 Å². The molecule has 88 valence electrons. The van der Waals surface area contributed by atoms with Gasteiger partial charge in [0.1, 0.15) is 0 Å². The summed E-state index contributed by atoms with van der Waals surface area (Å²) >= 11 is 0. The molecule has 15 heavy (non-hydrogen) atoms. The van der Waals surface area contributed by atoms with Crippen LogP contribution in [0.15, 0.2) is 0 Å². The zero-order chi connectivity index (χ0) is 11.3. The number of piperidine rings is 1. The number of aliphatic hydroxyl groups is 1. The van der Waals surface area contributed by atoms with Crippen LogP contribution in [0, 0.1) is 0 Å². The van der Waals surface area contributed by atoms with E-state index >= 15 is 0 Å². The van der Waals surface area contributed by atoms with Crippen LogP contribution in [0.5, 0.6) is 0 Å². The molecule has 1 fully saturated rings. The lowest BCUT2D eigenvalue weighted by Crippen LogP contribution is -2.47. The van der Waals surface area contributed by atoms with Gasteiger partial charge in [0, 0.05) is 33.1 Å². The minimum atomic E-state index is 0.115. The first kappa shape index (κ1) is 12.5. The molecule has 1 aliphatic heterocycles. The highest BCUT2D eigenvalue weighted by Gasteiger charge is 2.23. The van der Waals surface area contributed by atoms with Crippen molar-refractivity contribution in [2.45, 2.75) is 32.2 Å². The monoisotopic (exact) mass is 214 g/mol. The summed E-state index contributed by atoms with van der Waals surface area (Å²) < 4.78 is 0. The molecular formula is C11H22N2O2. The lowest BCUT2D eigenvalue weighted by atomic mass is 10.0. The van der Waals surface area contributed by atoms with Crippen LogP contribution in [0.3, 0.4) is 0 Å². The minimum absolute atomic E-state index is 0.115. The molecule has 1 heterocycles. The average Bonchev–Trinajstić information content (AvgIpc) is 2.21. The second kappa shape index (κ2) is 6.08. The number of carbonyl (C=O) groups is 1. The summed E-state index contributed by atoms with van der Waals surface area (Å²) in [5.41, 5.74) is 0. The number of β-amino-alcohol motifs (C(OH)–C–C–N with tert-alkyl or cyclic N) is 1. The van der Waals surface area contributed by atoms with Crippen LogP contribution in [0.4, 0.5) is 0 Å². The van der Waals surface area contributed by atoms with E-state index in [2.05, 4.69) is 4.90 Å². The van der Waals surface area contributed by atoms with Crippen LogP contribution in [0.2, 0.25) is 0 Å². The quantitative estimate of drug-likeness (QED) is 0.732. The first-order chi connectivity index (χ1) is 7.15. The Balaban J connectivity index is 2.45. The molecule has 1 N–H and O–H groups in total. The van der Waals surface area contributed by atoms with Crippen molar-refractivity contribution in [2.75, 3.05) is 33.3 Å². The molecular weight excluding hydrogens is 192 g/mol. The Morgan fingerprint density at radius 3 is 2.87 bits per heavy atom. The molecule has 1 saturated heterocycles. The number of hydrogen-bond donors (Lipinski definition) is 1. The number of aliphatic hydroxyl groups excluding tert-OH is 1. The zero-order valence-corrected chi connectivity index (χ0v) is 9.78. The number of rotatable bonds is 4. The molecule has 0 saturated carbocycles. The van der Waals surface area contributed by atoms with E-state index in [0.717, 1.165) is 26.1 Å². The highest BCUT2D eigenvalue weighted by Crippen LogP contribution is 2.17.